The molecule has 1 heterocycles. The van der Waals surface area contributed by atoms with E-state index in [0.717, 1.165) is 10.9 Å². The molecule has 6 heteroatoms. The van der Waals surface area contributed by atoms with E-state index in [1.807, 2.05) is 37.3 Å². The van der Waals surface area contributed by atoms with Gasteiger partial charge in [-0.25, -0.2) is 0 Å². The first-order valence-electron chi connectivity index (χ1n) is 9.89. The van der Waals surface area contributed by atoms with E-state index in [0.29, 0.717) is 27.4 Å². The van der Waals surface area contributed by atoms with Gasteiger partial charge in [0.15, 0.2) is 5.76 Å². The molecule has 4 rings (SSSR count). The highest BCUT2D eigenvalue weighted by Gasteiger charge is 2.21. The minimum atomic E-state index is -0.429. The van der Waals surface area contributed by atoms with Gasteiger partial charge in [0.2, 0.25) is 0 Å². The zero-order valence-corrected chi connectivity index (χ0v) is 17.9. The second-order valence-corrected chi connectivity index (χ2v) is 7.74. The van der Waals surface area contributed by atoms with Crippen LogP contribution in [-0.2, 0) is 0 Å². The van der Waals surface area contributed by atoms with Crippen LogP contribution in [0.5, 0.6) is 0 Å². The number of fused-ring (bicyclic) bond motifs is 1. The number of amides is 2. The third-order valence-electron chi connectivity index (χ3n) is 5.17. The molecule has 3 aromatic carbocycles. The summed E-state index contributed by atoms with van der Waals surface area (Å²) in [6, 6.07) is 21.6. The largest absolute Gasteiger partial charge is 0.451 e. The second-order valence-electron chi connectivity index (χ2n) is 7.30. The fourth-order valence-corrected chi connectivity index (χ4v) is 3.65. The Balaban J connectivity index is 1.57. The Hall–Kier alpha value is -3.57. The molecule has 0 radical (unpaired) electrons. The van der Waals surface area contributed by atoms with Gasteiger partial charge in [0, 0.05) is 16.0 Å². The normalized spacial score (nSPS) is 11.8. The van der Waals surface area contributed by atoms with Crippen LogP contribution < -0.4 is 10.6 Å². The molecule has 4 aromatic rings. The van der Waals surface area contributed by atoms with Gasteiger partial charge in [-0.1, -0.05) is 54.1 Å². The molecule has 0 spiro atoms. The molecule has 0 aliphatic rings. The molecule has 2 N–H and O–H groups in total. The quantitative estimate of drug-likeness (QED) is 0.398. The minimum absolute atomic E-state index is 0.181. The van der Waals surface area contributed by atoms with E-state index >= 15 is 0 Å². The van der Waals surface area contributed by atoms with E-state index in [4.69, 9.17) is 16.0 Å². The van der Waals surface area contributed by atoms with Crippen LogP contribution in [-0.4, -0.2) is 11.8 Å². The molecule has 1 unspecified atom stereocenters. The van der Waals surface area contributed by atoms with E-state index in [2.05, 4.69) is 10.6 Å². The average molecular weight is 433 g/mol. The summed E-state index contributed by atoms with van der Waals surface area (Å²) in [6.45, 7) is 3.72. The molecule has 1 aromatic heterocycles. The van der Waals surface area contributed by atoms with E-state index < -0.39 is 5.91 Å². The number of hydrogen-bond acceptors (Lipinski definition) is 3. The maximum Gasteiger partial charge on any atom is 0.291 e. The van der Waals surface area contributed by atoms with Crippen molar-refractivity contribution in [2.75, 3.05) is 5.32 Å². The second kappa shape index (κ2) is 8.66. The summed E-state index contributed by atoms with van der Waals surface area (Å²) in [5.41, 5.74) is 3.04. The Morgan fingerprint density at radius 3 is 2.42 bits per heavy atom. The molecule has 0 bridgehead atoms. The lowest BCUT2D eigenvalue weighted by molar-refractivity contribution is 0.0940. The first kappa shape index (κ1) is 20.7. The Morgan fingerprint density at radius 2 is 1.65 bits per heavy atom. The van der Waals surface area contributed by atoms with Crippen LogP contribution in [0.15, 0.2) is 77.2 Å². The number of furan rings is 1. The molecule has 0 saturated carbocycles. The molecule has 5 nitrogen and oxygen atoms in total. The summed E-state index contributed by atoms with van der Waals surface area (Å²) in [5, 5.41) is 7.13. The zero-order chi connectivity index (χ0) is 22.0. The van der Waals surface area contributed by atoms with Crippen LogP contribution in [0.3, 0.4) is 0 Å². The van der Waals surface area contributed by atoms with Crippen LogP contribution >= 0.6 is 11.6 Å². The van der Waals surface area contributed by atoms with Gasteiger partial charge >= 0.3 is 0 Å². The Morgan fingerprint density at radius 1 is 0.935 bits per heavy atom. The van der Waals surface area contributed by atoms with Crippen molar-refractivity contribution in [3.05, 3.63) is 100 Å². The molecule has 1 atom stereocenters. The van der Waals surface area contributed by atoms with Crippen molar-refractivity contribution in [1.29, 1.82) is 0 Å². The lowest BCUT2D eigenvalue weighted by atomic mass is 10.1. The molecule has 0 aliphatic heterocycles. The third-order valence-corrected chi connectivity index (χ3v) is 5.41. The number of benzene rings is 3. The first-order valence-corrected chi connectivity index (χ1v) is 10.3. The highest BCUT2D eigenvalue weighted by atomic mass is 35.5. The van der Waals surface area contributed by atoms with Crippen LogP contribution in [0, 0.1) is 6.92 Å². The van der Waals surface area contributed by atoms with Crippen molar-refractivity contribution in [3.8, 4) is 0 Å². The predicted octanol–water partition coefficient (Wildman–Crippen LogP) is 6.14. The standard InChI is InChI=1S/C25H21ClN2O3/c1-15-20-14-18(26)12-13-22(20)31-23(15)25(30)28-21-11-7-6-10-19(21)24(29)27-16(2)17-8-4-3-5-9-17/h3-14,16H,1-2H3,(H,27,29)(H,28,30). The number of nitrogens with one attached hydrogen (secondary N) is 2. The number of halogens is 1. The number of carbonyl (C=O) groups excluding carboxylic acids is 2. The monoisotopic (exact) mass is 432 g/mol. The number of rotatable bonds is 5. The van der Waals surface area contributed by atoms with E-state index in [-0.39, 0.29) is 17.7 Å². The third kappa shape index (κ3) is 4.32. The van der Waals surface area contributed by atoms with E-state index in [1.54, 1.807) is 49.4 Å². The molecule has 0 saturated heterocycles. The SMILES string of the molecule is Cc1c(C(=O)Nc2ccccc2C(=O)NC(C)c2ccccc2)oc2ccc(Cl)cc12. The average Bonchev–Trinajstić information content (AvgIpc) is 3.10. The summed E-state index contributed by atoms with van der Waals surface area (Å²) in [4.78, 5) is 25.9. The van der Waals surface area contributed by atoms with Gasteiger partial charge in [-0.05, 0) is 49.7 Å². The van der Waals surface area contributed by atoms with Gasteiger partial charge in [-0.15, -0.1) is 0 Å². The molecule has 0 fully saturated rings. The molecular weight excluding hydrogens is 412 g/mol. The summed E-state index contributed by atoms with van der Waals surface area (Å²) in [5.74, 6) is -0.522. The number of hydrogen-bond donors (Lipinski definition) is 2. The highest BCUT2D eigenvalue weighted by molar-refractivity contribution is 6.31. The Bertz CT molecular complexity index is 1260. The Labute approximate surface area is 185 Å². The van der Waals surface area contributed by atoms with Crippen molar-refractivity contribution in [2.24, 2.45) is 0 Å². The van der Waals surface area contributed by atoms with E-state index in [1.165, 1.54) is 0 Å². The fraction of sp³-hybridized carbons (Fsp3) is 0.120. The minimum Gasteiger partial charge on any atom is -0.451 e. The van der Waals surface area contributed by atoms with E-state index in [9.17, 15) is 9.59 Å². The van der Waals surface area contributed by atoms with Gasteiger partial charge < -0.3 is 15.1 Å². The van der Waals surface area contributed by atoms with Gasteiger partial charge in [0.25, 0.3) is 11.8 Å². The Kier molecular flexibility index (Phi) is 5.78. The number of para-hydroxylation sites is 1. The molecule has 2 amide bonds. The van der Waals surface area contributed by atoms with Gasteiger partial charge in [0.1, 0.15) is 5.58 Å². The zero-order valence-electron chi connectivity index (χ0n) is 17.1. The van der Waals surface area contributed by atoms with Crippen LogP contribution in [0.1, 0.15) is 45.0 Å². The van der Waals surface area contributed by atoms with Crippen LogP contribution in [0.4, 0.5) is 5.69 Å². The molecule has 156 valence electrons. The summed E-state index contributed by atoms with van der Waals surface area (Å²) in [6.07, 6.45) is 0. The van der Waals surface area contributed by atoms with Crippen molar-refractivity contribution in [2.45, 2.75) is 19.9 Å². The maximum absolute atomic E-state index is 12.9. The van der Waals surface area contributed by atoms with Gasteiger partial charge in [-0.3, -0.25) is 9.59 Å². The van der Waals surface area contributed by atoms with Crippen molar-refractivity contribution >= 4 is 40.1 Å². The van der Waals surface area contributed by atoms with Crippen LogP contribution in [0.25, 0.3) is 11.0 Å². The number of carbonyl (C=O) groups is 2. The number of aryl methyl sites for hydroxylation is 1. The summed E-state index contributed by atoms with van der Waals surface area (Å²) < 4.78 is 5.74. The van der Waals surface area contributed by atoms with Crippen molar-refractivity contribution < 1.29 is 14.0 Å². The molecule has 0 aliphatic carbocycles. The van der Waals surface area contributed by atoms with Crippen LogP contribution in [0.2, 0.25) is 5.02 Å². The fourth-order valence-electron chi connectivity index (χ4n) is 3.48. The lowest BCUT2D eigenvalue weighted by Gasteiger charge is -2.16. The maximum atomic E-state index is 12.9. The molecule has 31 heavy (non-hydrogen) atoms. The molecular formula is C25H21ClN2O3. The summed E-state index contributed by atoms with van der Waals surface area (Å²) in [7, 11) is 0. The topological polar surface area (TPSA) is 71.3 Å². The smallest absolute Gasteiger partial charge is 0.291 e. The van der Waals surface area contributed by atoms with Gasteiger partial charge in [0.05, 0.1) is 17.3 Å². The summed E-state index contributed by atoms with van der Waals surface area (Å²) >= 11 is 6.06. The first-order chi connectivity index (χ1) is 14.9. The van der Waals surface area contributed by atoms with Crippen molar-refractivity contribution in [1.82, 2.24) is 5.32 Å². The predicted molar refractivity (Wildman–Crippen MR) is 123 cm³/mol. The highest BCUT2D eigenvalue weighted by Crippen LogP contribution is 2.29. The number of anilines is 1. The van der Waals surface area contributed by atoms with Crippen molar-refractivity contribution in [3.63, 3.8) is 0 Å². The lowest BCUT2D eigenvalue weighted by Crippen LogP contribution is -2.28. The van der Waals surface area contributed by atoms with Gasteiger partial charge in [-0.2, -0.15) is 0 Å².